The number of hydrogen-bond acceptors (Lipinski definition) is 3. The first-order valence-electron chi connectivity index (χ1n) is 8.24. The van der Waals surface area contributed by atoms with Crippen LogP contribution in [-0.4, -0.2) is 29.5 Å². The Morgan fingerprint density at radius 2 is 2.09 bits per heavy atom. The van der Waals surface area contributed by atoms with Gasteiger partial charge in [-0.15, -0.1) is 0 Å². The number of ether oxygens (including phenoxy) is 1. The fourth-order valence-electron chi connectivity index (χ4n) is 3.13. The van der Waals surface area contributed by atoms with Crippen molar-refractivity contribution in [3.05, 3.63) is 47.0 Å². The molecule has 0 amide bonds. The molecule has 5 heteroatoms. The summed E-state index contributed by atoms with van der Waals surface area (Å²) in [4.78, 5) is 0. The SMILES string of the molecule is Cc1nn(-c2ccc(F)cc2)c(C)c1CNCC1CCCOC1. The van der Waals surface area contributed by atoms with E-state index in [1.165, 1.54) is 24.1 Å². The molecule has 1 aromatic carbocycles. The Kier molecular flexibility index (Phi) is 5.08. The van der Waals surface area contributed by atoms with Gasteiger partial charge in [-0.2, -0.15) is 5.10 Å². The Bertz CT molecular complexity index is 645. The number of halogens is 1. The van der Waals surface area contributed by atoms with Crippen molar-refractivity contribution in [3.8, 4) is 5.69 Å². The van der Waals surface area contributed by atoms with Crippen LogP contribution in [0.2, 0.25) is 0 Å². The van der Waals surface area contributed by atoms with Crippen LogP contribution < -0.4 is 5.32 Å². The summed E-state index contributed by atoms with van der Waals surface area (Å²) in [5.74, 6) is 0.378. The van der Waals surface area contributed by atoms with Crippen LogP contribution in [0.1, 0.15) is 29.8 Å². The van der Waals surface area contributed by atoms with E-state index in [4.69, 9.17) is 4.74 Å². The summed E-state index contributed by atoms with van der Waals surface area (Å²) in [5.41, 5.74) is 4.21. The molecule has 124 valence electrons. The van der Waals surface area contributed by atoms with Gasteiger partial charge >= 0.3 is 0 Å². The fraction of sp³-hybridized carbons (Fsp3) is 0.500. The quantitative estimate of drug-likeness (QED) is 0.921. The van der Waals surface area contributed by atoms with E-state index < -0.39 is 0 Å². The Hall–Kier alpha value is -1.72. The zero-order chi connectivity index (χ0) is 16.2. The zero-order valence-electron chi connectivity index (χ0n) is 13.8. The molecule has 2 aromatic rings. The predicted molar refractivity (Wildman–Crippen MR) is 88.2 cm³/mol. The average Bonchev–Trinajstić information content (AvgIpc) is 2.85. The maximum atomic E-state index is 13.1. The van der Waals surface area contributed by atoms with Gasteiger partial charge in [0.05, 0.1) is 18.0 Å². The first kappa shape index (κ1) is 16.1. The van der Waals surface area contributed by atoms with Crippen LogP contribution in [0.5, 0.6) is 0 Å². The number of nitrogens with zero attached hydrogens (tertiary/aromatic N) is 2. The molecule has 0 saturated carbocycles. The molecule has 1 N–H and O–H groups in total. The van der Waals surface area contributed by atoms with E-state index in [1.54, 1.807) is 12.1 Å². The second kappa shape index (κ2) is 7.23. The highest BCUT2D eigenvalue weighted by molar-refractivity contribution is 5.37. The highest BCUT2D eigenvalue weighted by Gasteiger charge is 2.15. The average molecular weight is 317 g/mol. The number of nitrogens with one attached hydrogen (secondary N) is 1. The zero-order valence-corrected chi connectivity index (χ0v) is 13.8. The van der Waals surface area contributed by atoms with Gasteiger partial charge in [0.15, 0.2) is 0 Å². The van der Waals surface area contributed by atoms with Crippen molar-refractivity contribution >= 4 is 0 Å². The molecular formula is C18H24FN3O. The van der Waals surface area contributed by atoms with Crippen LogP contribution >= 0.6 is 0 Å². The van der Waals surface area contributed by atoms with Crippen molar-refractivity contribution in [1.29, 1.82) is 0 Å². The number of hydrogen-bond donors (Lipinski definition) is 1. The highest BCUT2D eigenvalue weighted by atomic mass is 19.1. The third-order valence-electron chi connectivity index (χ3n) is 4.50. The lowest BCUT2D eigenvalue weighted by Crippen LogP contribution is -2.29. The van der Waals surface area contributed by atoms with Gasteiger partial charge < -0.3 is 10.1 Å². The van der Waals surface area contributed by atoms with Gasteiger partial charge in [-0.1, -0.05) is 0 Å². The largest absolute Gasteiger partial charge is 0.381 e. The molecule has 0 bridgehead atoms. The summed E-state index contributed by atoms with van der Waals surface area (Å²) in [6.07, 6.45) is 2.40. The minimum Gasteiger partial charge on any atom is -0.381 e. The molecule has 0 radical (unpaired) electrons. The third kappa shape index (κ3) is 3.79. The number of aryl methyl sites for hydroxylation is 1. The second-order valence-corrected chi connectivity index (χ2v) is 6.25. The van der Waals surface area contributed by atoms with Gasteiger partial charge in [-0.3, -0.25) is 0 Å². The van der Waals surface area contributed by atoms with E-state index in [1.807, 2.05) is 11.6 Å². The van der Waals surface area contributed by atoms with Crippen molar-refractivity contribution in [2.75, 3.05) is 19.8 Å². The lowest BCUT2D eigenvalue weighted by molar-refractivity contribution is 0.0547. The first-order chi connectivity index (χ1) is 11.1. The van der Waals surface area contributed by atoms with Crippen molar-refractivity contribution in [2.24, 2.45) is 5.92 Å². The van der Waals surface area contributed by atoms with Gasteiger partial charge in [0.25, 0.3) is 0 Å². The fourth-order valence-corrected chi connectivity index (χ4v) is 3.13. The van der Waals surface area contributed by atoms with Crippen molar-refractivity contribution in [2.45, 2.75) is 33.2 Å². The van der Waals surface area contributed by atoms with Crippen LogP contribution in [0.3, 0.4) is 0 Å². The maximum absolute atomic E-state index is 13.1. The van der Waals surface area contributed by atoms with Gasteiger partial charge in [-0.05, 0) is 56.9 Å². The molecular weight excluding hydrogens is 293 g/mol. The Morgan fingerprint density at radius 3 is 2.78 bits per heavy atom. The van der Waals surface area contributed by atoms with Gasteiger partial charge in [-0.25, -0.2) is 9.07 Å². The number of aromatic nitrogens is 2. The molecule has 2 heterocycles. The Labute approximate surface area is 136 Å². The normalized spacial score (nSPS) is 18.3. The smallest absolute Gasteiger partial charge is 0.123 e. The van der Waals surface area contributed by atoms with Crippen LogP contribution in [-0.2, 0) is 11.3 Å². The molecule has 4 nitrogen and oxygen atoms in total. The van der Waals surface area contributed by atoms with E-state index in [-0.39, 0.29) is 5.82 Å². The lowest BCUT2D eigenvalue weighted by atomic mass is 10.0. The molecule has 1 unspecified atom stereocenters. The summed E-state index contributed by atoms with van der Waals surface area (Å²) in [6, 6.07) is 6.44. The van der Waals surface area contributed by atoms with Crippen LogP contribution in [0.4, 0.5) is 4.39 Å². The molecule has 23 heavy (non-hydrogen) atoms. The van der Waals surface area contributed by atoms with Crippen LogP contribution in [0, 0.1) is 25.6 Å². The molecule has 1 atom stereocenters. The van der Waals surface area contributed by atoms with Crippen molar-refractivity contribution in [1.82, 2.24) is 15.1 Å². The lowest BCUT2D eigenvalue weighted by Gasteiger charge is -2.22. The van der Waals surface area contributed by atoms with E-state index in [0.29, 0.717) is 5.92 Å². The van der Waals surface area contributed by atoms with Gasteiger partial charge in [0, 0.05) is 31.0 Å². The van der Waals surface area contributed by atoms with Crippen molar-refractivity contribution < 1.29 is 9.13 Å². The van der Waals surface area contributed by atoms with Gasteiger partial charge in [0.1, 0.15) is 5.82 Å². The summed E-state index contributed by atoms with van der Waals surface area (Å²) in [6.45, 7) is 7.62. The minimum atomic E-state index is -0.230. The Balaban J connectivity index is 1.66. The monoisotopic (exact) mass is 317 g/mol. The topological polar surface area (TPSA) is 39.1 Å². The molecule has 3 rings (SSSR count). The highest BCUT2D eigenvalue weighted by Crippen LogP contribution is 2.19. The van der Waals surface area contributed by atoms with E-state index in [2.05, 4.69) is 17.3 Å². The number of benzene rings is 1. The predicted octanol–water partition coefficient (Wildman–Crippen LogP) is 3.14. The summed E-state index contributed by atoms with van der Waals surface area (Å²) >= 11 is 0. The maximum Gasteiger partial charge on any atom is 0.123 e. The summed E-state index contributed by atoms with van der Waals surface area (Å²) in [7, 11) is 0. The third-order valence-corrected chi connectivity index (χ3v) is 4.50. The molecule has 0 aliphatic carbocycles. The molecule has 1 aliphatic rings. The number of rotatable bonds is 5. The Morgan fingerprint density at radius 1 is 1.30 bits per heavy atom. The minimum absolute atomic E-state index is 0.230. The molecule has 1 aromatic heterocycles. The molecule has 1 saturated heterocycles. The summed E-state index contributed by atoms with van der Waals surface area (Å²) < 4.78 is 20.5. The molecule has 1 fully saturated rings. The van der Waals surface area contributed by atoms with Crippen LogP contribution in [0.15, 0.2) is 24.3 Å². The standard InChI is InChI=1S/C18H24FN3O/c1-13-18(11-20-10-15-4-3-9-23-12-15)14(2)22(21-13)17-7-5-16(19)6-8-17/h5-8,15,20H,3-4,9-12H2,1-2H3. The van der Waals surface area contributed by atoms with E-state index in [0.717, 1.165) is 49.8 Å². The summed E-state index contributed by atoms with van der Waals surface area (Å²) in [5, 5.41) is 8.14. The molecule has 1 aliphatic heterocycles. The van der Waals surface area contributed by atoms with E-state index in [9.17, 15) is 4.39 Å². The first-order valence-corrected chi connectivity index (χ1v) is 8.24. The van der Waals surface area contributed by atoms with Gasteiger partial charge in [0.2, 0.25) is 0 Å². The molecule has 0 spiro atoms. The van der Waals surface area contributed by atoms with Crippen molar-refractivity contribution in [3.63, 3.8) is 0 Å². The van der Waals surface area contributed by atoms with E-state index >= 15 is 0 Å². The van der Waals surface area contributed by atoms with Crippen LogP contribution in [0.25, 0.3) is 5.69 Å². The second-order valence-electron chi connectivity index (χ2n) is 6.25.